The van der Waals surface area contributed by atoms with Gasteiger partial charge in [-0.15, -0.1) is 0 Å². The fraction of sp³-hybridized carbons (Fsp3) is 0.227. The van der Waals surface area contributed by atoms with Crippen molar-refractivity contribution in [3.63, 3.8) is 0 Å². The van der Waals surface area contributed by atoms with Crippen LogP contribution in [0.2, 0.25) is 0 Å². The molecule has 0 fully saturated rings. The Morgan fingerprint density at radius 3 is 2.43 bits per heavy atom. The molecule has 0 bridgehead atoms. The fourth-order valence-electron chi connectivity index (χ4n) is 3.51. The third-order valence-electron chi connectivity index (χ3n) is 5.30. The van der Waals surface area contributed by atoms with Crippen LogP contribution in [0.25, 0.3) is 11.5 Å². The average molecular weight is 498 g/mol. The Balaban J connectivity index is 1.60. The molecule has 7 nitrogen and oxygen atoms in total. The van der Waals surface area contributed by atoms with Gasteiger partial charge in [0, 0.05) is 6.07 Å². The zero-order valence-corrected chi connectivity index (χ0v) is 18.0. The number of halogens is 6. The number of hydrogen-bond acceptors (Lipinski definition) is 5. The number of anilines is 1. The van der Waals surface area contributed by atoms with Gasteiger partial charge in [-0.05, 0) is 43.7 Å². The van der Waals surface area contributed by atoms with E-state index in [9.17, 15) is 31.1 Å². The standard InChI is InChI=1S/C22H16F6N4O3/c1-11(14-6-5-13(21(23,24)25)8-15(14)22(26,27)28)32-12(2)17(10-29-32)30-20(33)16-9-19(35-31-16)18-4-3-7-34-18/h3-11H,1-2H3,(H,30,33). The van der Waals surface area contributed by atoms with Crippen molar-refractivity contribution in [2.24, 2.45) is 0 Å². The lowest BCUT2D eigenvalue weighted by Crippen LogP contribution is -2.19. The lowest BCUT2D eigenvalue weighted by atomic mass is 9.98. The van der Waals surface area contributed by atoms with E-state index < -0.39 is 41.0 Å². The van der Waals surface area contributed by atoms with Crippen molar-refractivity contribution in [2.45, 2.75) is 32.2 Å². The molecule has 0 saturated carbocycles. The number of nitrogens with zero attached hydrogens (tertiary/aromatic N) is 3. The fourth-order valence-corrected chi connectivity index (χ4v) is 3.51. The first-order valence-electron chi connectivity index (χ1n) is 10.0. The minimum atomic E-state index is -5.03. The maximum Gasteiger partial charge on any atom is 0.416 e. The van der Waals surface area contributed by atoms with E-state index in [2.05, 4.69) is 15.6 Å². The van der Waals surface area contributed by atoms with Crippen LogP contribution in [0.15, 0.2) is 57.8 Å². The first kappa shape index (κ1) is 24.1. The SMILES string of the molecule is Cc1c(NC(=O)c2cc(-c3ccco3)on2)cnn1C(C)c1ccc(C(F)(F)F)cc1C(F)(F)F. The van der Waals surface area contributed by atoms with Crippen molar-refractivity contribution in [1.29, 1.82) is 0 Å². The molecule has 0 radical (unpaired) electrons. The van der Waals surface area contributed by atoms with E-state index in [0.29, 0.717) is 11.8 Å². The summed E-state index contributed by atoms with van der Waals surface area (Å²) in [4.78, 5) is 12.6. The van der Waals surface area contributed by atoms with Crippen LogP contribution in [0.1, 0.15) is 45.8 Å². The number of hydrogen-bond donors (Lipinski definition) is 1. The van der Waals surface area contributed by atoms with Crippen LogP contribution in [-0.2, 0) is 12.4 Å². The first-order chi connectivity index (χ1) is 16.4. The van der Waals surface area contributed by atoms with Gasteiger partial charge in [-0.3, -0.25) is 9.48 Å². The molecule has 35 heavy (non-hydrogen) atoms. The number of carbonyl (C=O) groups is 1. The third-order valence-corrected chi connectivity index (χ3v) is 5.30. The van der Waals surface area contributed by atoms with E-state index in [1.807, 2.05) is 0 Å². The van der Waals surface area contributed by atoms with Gasteiger partial charge in [0.25, 0.3) is 5.91 Å². The van der Waals surface area contributed by atoms with Gasteiger partial charge in [0.1, 0.15) is 0 Å². The van der Waals surface area contributed by atoms with Crippen LogP contribution in [0.4, 0.5) is 32.0 Å². The van der Waals surface area contributed by atoms with Crippen LogP contribution in [-0.4, -0.2) is 20.8 Å². The number of furan rings is 1. The summed E-state index contributed by atoms with van der Waals surface area (Å²) in [5.74, 6) is -0.109. The number of rotatable bonds is 5. The zero-order chi connectivity index (χ0) is 25.5. The minimum Gasteiger partial charge on any atom is -0.461 e. The van der Waals surface area contributed by atoms with Gasteiger partial charge in [0.15, 0.2) is 11.5 Å². The molecule has 4 rings (SSSR count). The quantitative estimate of drug-likeness (QED) is 0.325. The Labute approximate surface area is 193 Å². The van der Waals surface area contributed by atoms with Gasteiger partial charge < -0.3 is 14.3 Å². The largest absolute Gasteiger partial charge is 0.461 e. The van der Waals surface area contributed by atoms with Crippen LogP contribution in [0.3, 0.4) is 0 Å². The third kappa shape index (κ3) is 4.79. The molecule has 4 aromatic rings. The Morgan fingerprint density at radius 2 is 1.80 bits per heavy atom. The van der Waals surface area contributed by atoms with Crippen molar-refractivity contribution in [1.82, 2.24) is 14.9 Å². The van der Waals surface area contributed by atoms with E-state index >= 15 is 0 Å². The Kier molecular flexibility index (Phi) is 5.95. The molecule has 13 heteroatoms. The molecule has 0 aliphatic rings. The highest BCUT2D eigenvalue weighted by Gasteiger charge is 2.39. The Morgan fingerprint density at radius 1 is 1.06 bits per heavy atom. The second kappa shape index (κ2) is 8.64. The molecular formula is C22H16F6N4O3. The Bertz CT molecular complexity index is 1350. The summed E-state index contributed by atoms with van der Waals surface area (Å²) in [5.41, 5.74) is -2.88. The molecule has 1 aromatic carbocycles. The molecule has 1 N–H and O–H groups in total. The topological polar surface area (TPSA) is 86.1 Å². The van der Waals surface area contributed by atoms with Gasteiger partial charge in [0.2, 0.25) is 5.76 Å². The number of carbonyl (C=O) groups excluding carboxylic acids is 1. The van der Waals surface area contributed by atoms with Crippen LogP contribution < -0.4 is 5.32 Å². The number of alkyl halides is 6. The lowest BCUT2D eigenvalue weighted by molar-refractivity contribution is -0.143. The highest BCUT2D eigenvalue weighted by atomic mass is 19.4. The lowest BCUT2D eigenvalue weighted by Gasteiger charge is -2.21. The van der Waals surface area contributed by atoms with Crippen molar-refractivity contribution in [3.8, 4) is 11.5 Å². The number of amides is 1. The van der Waals surface area contributed by atoms with Gasteiger partial charge in [-0.25, -0.2) is 0 Å². The van der Waals surface area contributed by atoms with Gasteiger partial charge >= 0.3 is 12.4 Å². The normalized spacial score (nSPS) is 13.1. The highest BCUT2D eigenvalue weighted by Crippen LogP contribution is 2.40. The summed E-state index contributed by atoms with van der Waals surface area (Å²) in [6.07, 6.45) is -7.33. The summed E-state index contributed by atoms with van der Waals surface area (Å²) in [5, 5.41) is 10.2. The predicted octanol–water partition coefficient (Wildman–Crippen LogP) is 6.34. The van der Waals surface area contributed by atoms with Gasteiger partial charge in [-0.2, -0.15) is 31.4 Å². The van der Waals surface area contributed by atoms with E-state index in [-0.39, 0.29) is 28.9 Å². The van der Waals surface area contributed by atoms with Crippen molar-refractivity contribution < 1.29 is 40.1 Å². The molecule has 3 heterocycles. The highest BCUT2D eigenvalue weighted by molar-refractivity contribution is 6.03. The van der Waals surface area contributed by atoms with Crippen molar-refractivity contribution in [2.75, 3.05) is 5.32 Å². The molecule has 1 unspecified atom stereocenters. The molecule has 0 spiro atoms. The summed E-state index contributed by atoms with van der Waals surface area (Å²) in [6, 6.07) is 4.91. The predicted molar refractivity (Wildman–Crippen MR) is 109 cm³/mol. The van der Waals surface area contributed by atoms with Crippen LogP contribution >= 0.6 is 0 Å². The smallest absolute Gasteiger partial charge is 0.416 e. The second-order valence-corrected chi connectivity index (χ2v) is 7.57. The average Bonchev–Trinajstić information content (AvgIpc) is 3.53. The van der Waals surface area contributed by atoms with Crippen LogP contribution in [0, 0.1) is 6.92 Å². The van der Waals surface area contributed by atoms with E-state index in [0.717, 1.165) is 6.07 Å². The molecule has 0 aliphatic carbocycles. The molecule has 184 valence electrons. The van der Waals surface area contributed by atoms with Crippen molar-refractivity contribution >= 4 is 11.6 Å². The Hall–Kier alpha value is -4.03. The maximum atomic E-state index is 13.6. The first-order valence-corrected chi connectivity index (χ1v) is 10.0. The summed E-state index contributed by atoms with van der Waals surface area (Å²) in [7, 11) is 0. The van der Waals surface area contributed by atoms with E-state index in [1.165, 1.54) is 37.1 Å². The molecule has 1 amide bonds. The number of benzene rings is 1. The van der Waals surface area contributed by atoms with Crippen molar-refractivity contribution in [3.05, 3.63) is 76.9 Å². The van der Waals surface area contributed by atoms with E-state index in [1.54, 1.807) is 12.1 Å². The van der Waals surface area contributed by atoms with Crippen LogP contribution in [0.5, 0.6) is 0 Å². The minimum absolute atomic E-state index is 0.0779. The molecular weight excluding hydrogens is 482 g/mol. The monoisotopic (exact) mass is 498 g/mol. The molecule has 0 aliphatic heterocycles. The number of aromatic nitrogens is 3. The molecule has 1 atom stereocenters. The molecule has 3 aromatic heterocycles. The zero-order valence-electron chi connectivity index (χ0n) is 18.0. The van der Waals surface area contributed by atoms with E-state index in [4.69, 9.17) is 8.94 Å². The molecule has 0 saturated heterocycles. The summed E-state index contributed by atoms with van der Waals surface area (Å²) < 4.78 is 91.1. The summed E-state index contributed by atoms with van der Waals surface area (Å²) in [6.45, 7) is 2.85. The van der Waals surface area contributed by atoms with Gasteiger partial charge in [0.05, 0.1) is 41.0 Å². The summed E-state index contributed by atoms with van der Waals surface area (Å²) >= 11 is 0. The second-order valence-electron chi connectivity index (χ2n) is 7.57. The maximum absolute atomic E-state index is 13.6. The number of nitrogens with one attached hydrogen (secondary N) is 1. The van der Waals surface area contributed by atoms with Gasteiger partial charge in [-0.1, -0.05) is 11.2 Å².